The number of hydrogen-bond acceptors (Lipinski definition) is 6. The number of ether oxygens (including phenoxy) is 1. The first-order chi connectivity index (χ1) is 7.70. The lowest BCUT2D eigenvalue weighted by Gasteiger charge is -2.45. The molecule has 0 aromatic rings. The predicted molar refractivity (Wildman–Crippen MR) is 49.0 cm³/mol. The summed E-state index contributed by atoms with van der Waals surface area (Å²) in [5, 5.41) is 6.76. The van der Waals surface area contributed by atoms with Gasteiger partial charge in [0, 0.05) is 4.91 Å². The molecule has 2 atom stereocenters. The summed E-state index contributed by atoms with van der Waals surface area (Å²) >= 11 is 0. The fourth-order valence-corrected chi connectivity index (χ4v) is 1.58. The number of carbonyl (C=O) groups excluding carboxylic acids is 2. The van der Waals surface area contributed by atoms with Gasteiger partial charge in [0.25, 0.3) is 5.84 Å². The first kappa shape index (κ1) is 10.2. The first-order valence-electron chi connectivity index (χ1n) is 4.36. The molecule has 16 heavy (non-hydrogen) atoms. The maximum Gasteiger partial charge on any atom is 0.377 e. The third-order valence-electron chi connectivity index (χ3n) is 2.36. The van der Waals surface area contributed by atoms with Crippen molar-refractivity contribution in [1.82, 2.24) is 4.90 Å². The number of nitrogens with zero attached hydrogens (tertiary/aromatic N) is 5. The molecule has 84 valence electrons. The van der Waals surface area contributed by atoms with Gasteiger partial charge in [-0.3, -0.25) is 9.69 Å². The maximum absolute atomic E-state index is 11.5. The zero-order chi connectivity index (χ0) is 11.7. The summed E-state index contributed by atoms with van der Waals surface area (Å²) in [6.07, 6.45) is 0. The fraction of sp³-hybridized carbons (Fsp3) is 0.571. The van der Waals surface area contributed by atoms with Crippen LogP contribution in [0.15, 0.2) is 10.3 Å². The van der Waals surface area contributed by atoms with Gasteiger partial charge in [0.1, 0.15) is 12.6 Å². The van der Waals surface area contributed by atoms with E-state index in [1.165, 1.54) is 7.11 Å². The van der Waals surface area contributed by atoms with E-state index in [0.717, 1.165) is 4.90 Å². The fourth-order valence-electron chi connectivity index (χ4n) is 1.58. The van der Waals surface area contributed by atoms with Crippen LogP contribution in [0.4, 0.5) is 0 Å². The number of methoxy groups -OCH3 is 1. The molecule has 9 heteroatoms. The van der Waals surface area contributed by atoms with Crippen molar-refractivity contribution in [1.29, 1.82) is 0 Å². The average Bonchev–Trinajstić information content (AvgIpc) is 2.33. The molecule has 2 rings (SSSR count). The quantitative estimate of drug-likeness (QED) is 0.205. The van der Waals surface area contributed by atoms with E-state index in [2.05, 4.69) is 19.9 Å². The second kappa shape index (κ2) is 3.70. The molecule has 1 amide bonds. The van der Waals surface area contributed by atoms with Gasteiger partial charge < -0.3 is 9.57 Å². The van der Waals surface area contributed by atoms with E-state index in [4.69, 9.17) is 10.4 Å². The summed E-state index contributed by atoms with van der Waals surface area (Å²) in [6.45, 7) is 0.0932. The molecule has 0 aromatic carbocycles. The molecular formula is C7H7N5O4. The van der Waals surface area contributed by atoms with Crippen LogP contribution < -0.4 is 0 Å². The monoisotopic (exact) mass is 225 g/mol. The van der Waals surface area contributed by atoms with Crippen molar-refractivity contribution in [3.05, 3.63) is 10.4 Å². The summed E-state index contributed by atoms with van der Waals surface area (Å²) in [6, 6.07) is -1.31. The molecule has 0 saturated carbocycles. The van der Waals surface area contributed by atoms with E-state index in [1.807, 2.05) is 0 Å². The van der Waals surface area contributed by atoms with Crippen molar-refractivity contribution in [2.24, 2.45) is 10.3 Å². The Morgan fingerprint density at radius 3 is 3.19 bits per heavy atom. The molecule has 2 heterocycles. The van der Waals surface area contributed by atoms with Crippen LogP contribution in [0, 0.1) is 0 Å². The highest BCUT2D eigenvalue weighted by molar-refractivity contribution is 6.39. The normalized spacial score (nSPS) is 26.7. The van der Waals surface area contributed by atoms with Gasteiger partial charge in [0.2, 0.25) is 5.91 Å². The Kier molecular flexibility index (Phi) is 2.37. The lowest BCUT2D eigenvalue weighted by atomic mass is 9.96. The van der Waals surface area contributed by atoms with Crippen LogP contribution in [0.1, 0.15) is 0 Å². The van der Waals surface area contributed by atoms with E-state index >= 15 is 0 Å². The van der Waals surface area contributed by atoms with Crippen LogP contribution in [0.5, 0.6) is 0 Å². The van der Waals surface area contributed by atoms with Crippen molar-refractivity contribution in [2.75, 3.05) is 13.7 Å². The Balaban J connectivity index is 2.23. The highest BCUT2D eigenvalue weighted by Crippen LogP contribution is 2.27. The molecule has 1 saturated heterocycles. The Morgan fingerprint density at radius 2 is 2.56 bits per heavy atom. The Hall–Kier alpha value is -2.28. The molecule has 2 aliphatic rings. The summed E-state index contributed by atoms with van der Waals surface area (Å²) in [5.74, 6) is -1.46. The van der Waals surface area contributed by atoms with Crippen molar-refractivity contribution >= 4 is 17.7 Å². The lowest BCUT2D eigenvalue weighted by molar-refractivity contribution is -0.151. The number of azide groups is 1. The molecule has 9 nitrogen and oxygen atoms in total. The van der Waals surface area contributed by atoms with Crippen LogP contribution in [-0.2, 0) is 19.2 Å². The molecule has 2 aliphatic heterocycles. The van der Waals surface area contributed by atoms with E-state index in [1.54, 1.807) is 0 Å². The zero-order valence-electron chi connectivity index (χ0n) is 8.23. The number of esters is 1. The summed E-state index contributed by atoms with van der Waals surface area (Å²) in [4.78, 5) is 31.2. The van der Waals surface area contributed by atoms with Gasteiger partial charge in [0.05, 0.1) is 13.2 Å². The largest absolute Gasteiger partial charge is 0.463 e. The minimum absolute atomic E-state index is 0.0932. The molecule has 0 spiro atoms. The van der Waals surface area contributed by atoms with Crippen molar-refractivity contribution in [3.63, 3.8) is 0 Å². The number of hydrogen-bond donors (Lipinski definition) is 0. The highest BCUT2D eigenvalue weighted by atomic mass is 16.6. The summed E-state index contributed by atoms with van der Waals surface area (Å²) in [5.41, 5.74) is 8.26. The van der Waals surface area contributed by atoms with Crippen molar-refractivity contribution < 1.29 is 19.2 Å². The molecule has 0 unspecified atom stereocenters. The zero-order valence-corrected chi connectivity index (χ0v) is 8.23. The summed E-state index contributed by atoms with van der Waals surface area (Å²) in [7, 11) is 1.17. The molecule has 0 aliphatic carbocycles. The molecule has 0 radical (unpaired) electrons. The van der Waals surface area contributed by atoms with Crippen LogP contribution in [0.3, 0.4) is 0 Å². The Morgan fingerprint density at radius 1 is 1.81 bits per heavy atom. The standard InChI is InChI=1S/C7H7N5O4/c1-15-7(14)5-10-16-2-3-4(9-11-8)6(13)12(3)5/h3-4H,2H2,1H3/t3-,4+/m0/s1. The number of amides is 1. The van der Waals surface area contributed by atoms with Crippen molar-refractivity contribution in [3.8, 4) is 0 Å². The molecule has 0 bridgehead atoms. The Bertz CT molecular complexity index is 426. The van der Waals surface area contributed by atoms with E-state index in [9.17, 15) is 9.59 Å². The number of β-lactam (4-membered cyclic amide) rings is 1. The minimum atomic E-state index is -0.833. The van der Waals surface area contributed by atoms with E-state index in [-0.39, 0.29) is 12.4 Å². The van der Waals surface area contributed by atoms with Crippen molar-refractivity contribution in [2.45, 2.75) is 12.1 Å². The molecule has 1 fully saturated rings. The number of rotatable bonds is 2. The molecular weight excluding hydrogens is 218 g/mol. The number of fused-ring (bicyclic) bond motifs is 1. The molecule has 0 aromatic heterocycles. The number of carbonyl (C=O) groups is 2. The Labute approximate surface area is 89.2 Å². The second-order valence-corrected chi connectivity index (χ2v) is 3.13. The van der Waals surface area contributed by atoms with Gasteiger partial charge in [-0.25, -0.2) is 4.79 Å². The van der Waals surface area contributed by atoms with Gasteiger partial charge in [-0.2, -0.15) is 0 Å². The van der Waals surface area contributed by atoms with Gasteiger partial charge in [0.15, 0.2) is 0 Å². The SMILES string of the molecule is COC(=O)C1=NOC[C@H]2[C@@H](N=[N+]=[N-])C(=O)N12. The average molecular weight is 225 g/mol. The third kappa shape index (κ3) is 1.26. The van der Waals surface area contributed by atoms with Crippen LogP contribution >= 0.6 is 0 Å². The van der Waals surface area contributed by atoms with Gasteiger partial charge in [-0.05, 0) is 5.53 Å². The summed E-state index contributed by atoms with van der Waals surface area (Å²) < 4.78 is 4.44. The van der Waals surface area contributed by atoms with Gasteiger partial charge in [-0.15, -0.1) is 0 Å². The van der Waals surface area contributed by atoms with E-state index < -0.39 is 24.0 Å². The highest BCUT2D eigenvalue weighted by Gasteiger charge is 2.53. The number of amidine groups is 1. The van der Waals surface area contributed by atoms with Crippen LogP contribution in [0.2, 0.25) is 0 Å². The van der Waals surface area contributed by atoms with Crippen LogP contribution in [0.25, 0.3) is 10.4 Å². The third-order valence-corrected chi connectivity index (χ3v) is 2.36. The molecule has 0 N–H and O–H groups in total. The first-order valence-corrected chi connectivity index (χ1v) is 4.36. The van der Waals surface area contributed by atoms with E-state index in [0.29, 0.717) is 0 Å². The maximum atomic E-state index is 11.5. The number of oxime groups is 1. The second-order valence-electron chi connectivity index (χ2n) is 3.13. The van der Waals surface area contributed by atoms with Gasteiger partial charge in [-0.1, -0.05) is 10.3 Å². The lowest BCUT2D eigenvalue weighted by Crippen LogP contribution is -2.70. The predicted octanol–water partition coefficient (Wildman–Crippen LogP) is -0.607. The van der Waals surface area contributed by atoms with Gasteiger partial charge >= 0.3 is 5.97 Å². The smallest absolute Gasteiger partial charge is 0.377 e. The minimum Gasteiger partial charge on any atom is -0.463 e. The topological polar surface area (TPSA) is 117 Å². The van der Waals surface area contributed by atoms with Crippen LogP contribution in [-0.4, -0.2) is 48.4 Å².